The van der Waals surface area contributed by atoms with E-state index in [1.807, 2.05) is 13.0 Å². The first kappa shape index (κ1) is 18.9. The quantitative estimate of drug-likeness (QED) is 0.843. The van der Waals surface area contributed by atoms with Crippen LogP contribution < -0.4 is 11.1 Å². The fraction of sp³-hybridized carbons (Fsp3) is 0.588. The first-order valence-electron chi connectivity index (χ1n) is 7.85. The van der Waals surface area contributed by atoms with Crippen LogP contribution in [0.4, 0.5) is 4.39 Å². The number of rotatable bonds is 6. The molecule has 0 bridgehead atoms. The van der Waals surface area contributed by atoms with Crippen LogP contribution in [0.15, 0.2) is 24.3 Å². The molecule has 0 heterocycles. The van der Waals surface area contributed by atoms with Crippen LogP contribution in [0, 0.1) is 17.7 Å². The molecule has 0 saturated heterocycles. The minimum Gasteiger partial charge on any atom is -0.353 e. The number of benzene rings is 1. The van der Waals surface area contributed by atoms with Gasteiger partial charge in [0.2, 0.25) is 5.91 Å². The second kappa shape index (κ2) is 9.11. The molecular formula is C17H26ClFN2O. The molecule has 2 rings (SSSR count). The molecule has 1 saturated carbocycles. The molecule has 1 aromatic rings. The highest BCUT2D eigenvalue weighted by Crippen LogP contribution is 2.25. The third kappa shape index (κ3) is 5.25. The molecule has 1 aliphatic carbocycles. The van der Waals surface area contributed by atoms with Crippen LogP contribution in [-0.2, 0) is 11.2 Å². The third-order valence-electron chi connectivity index (χ3n) is 4.49. The van der Waals surface area contributed by atoms with Gasteiger partial charge in [0, 0.05) is 12.0 Å². The average Bonchev–Trinajstić information content (AvgIpc) is 2.92. The van der Waals surface area contributed by atoms with Crippen molar-refractivity contribution < 1.29 is 9.18 Å². The van der Waals surface area contributed by atoms with Gasteiger partial charge >= 0.3 is 0 Å². The first-order valence-corrected chi connectivity index (χ1v) is 7.85. The molecule has 22 heavy (non-hydrogen) atoms. The van der Waals surface area contributed by atoms with Crippen LogP contribution in [-0.4, -0.2) is 18.5 Å². The molecule has 1 aliphatic rings. The Bertz CT molecular complexity index is 483. The lowest BCUT2D eigenvalue weighted by molar-refractivity contribution is -0.125. The van der Waals surface area contributed by atoms with Gasteiger partial charge in [-0.3, -0.25) is 4.79 Å². The highest BCUT2D eigenvalue weighted by molar-refractivity contribution is 5.85. The normalized spacial score (nSPS) is 22.0. The molecule has 0 radical (unpaired) electrons. The highest BCUT2D eigenvalue weighted by Gasteiger charge is 2.28. The number of hydrogen-bond acceptors (Lipinski definition) is 2. The number of aryl methyl sites for hydroxylation is 1. The number of carbonyl (C=O) groups is 1. The largest absolute Gasteiger partial charge is 0.353 e. The number of hydrogen-bond donors (Lipinski definition) is 2. The molecule has 3 nitrogen and oxygen atoms in total. The molecule has 124 valence electrons. The minimum atomic E-state index is -0.221. The van der Waals surface area contributed by atoms with Gasteiger partial charge in [-0.05, 0) is 55.8 Å². The van der Waals surface area contributed by atoms with Crippen LogP contribution in [0.3, 0.4) is 0 Å². The lowest BCUT2D eigenvalue weighted by atomic mass is 9.98. The lowest BCUT2D eigenvalue weighted by Gasteiger charge is -2.21. The summed E-state index contributed by atoms with van der Waals surface area (Å²) in [7, 11) is 0. The Morgan fingerprint density at radius 1 is 1.45 bits per heavy atom. The second-order valence-corrected chi connectivity index (χ2v) is 6.11. The van der Waals surface area contributed by atoms with Gasteiger partial charge in [0.25, 0.3) is 0 Å². The minimum absolute atomic E-state index is 0. The van der Waals surface area contributed by atoms with Crippen molar-refractivity contribution in [3.05, 3.63) is 35.6 Å². The number of carbonyl (C=O) groups excluding carboxylic acids is 1. The van der Waals surface area contributed by atoms with Crippen molar-refractivity contribution in [1.29, 1.82) is 0 Å². The van der Waals surface area contributed by atoms with Crippen LogP contribution in [0.1, 0.15) is 38.2 Å². The molecule has 0 aromatic heterocycles. The summed E-state index contributed by atoms with van der Waals surface area (Å²) in [6.07, 6.45) is 4.74. The van der Waals surface area contributed by atoms with E-state index in [0.29, 0.717) is 12.5 Å². The van der Waals surface area contributed by atoms with E-state index in [1.54, 1.807) is 6.07 Å². The van der Waals surface area contributed by atoms with Gasteiger partial charge in [0.15, 0.2) is 0 Å². The molecule has 3 N–H and O–H groups in total. The van der Waals surface area contributed by atoms with E-state index in [2.05, 4.69) is 5.32 Å². The summed E-state index contributed by atoms with van der Waals surface area (Å²) in [5, 5.41) is 3.13. The van der Waals surface area contributed by atoms with Gasteiger partial charge in [0.1, 0.15) is 5.82 Å². The summed E-state index contributed by atoms with van der Waals surface area (Å²) in [4.78, 5) is 12.2. The molecule has 5 heteroatoms. The Hall–Kier alpha value is -1.13. The zero-order valence-electron chi connectivity index (χ0n) is 13.1. The van der Waals surface area contributed by atoms with Crippen LogP contribution in [0.5, 0.6) is 0 Å². The fourth-order valence-corrected chi connectivity index (χ4v) is 3.04. The smallest absolute Gasteiger partial charge is 0.223 e. The van der Waals surface area contributed by atoms with Crippen molar-refractivity contribution >= 4 is 18.3 Å². The van der Waals surface area contributed by atoms with E-state index in [4.69, 9.17) is 5.73 Å². The summed E-state index contributed by atoms with van der Waals surface area (Å²) >= 11 is 0. The highest BCUT2D eigenvalue weighted by atomic mass is 35.5. The van der Waals surface area contributed by atoms with Crippen molar-refractivity contribution in [2.45, 2.75) is 45.1 Å². The predicted octanol–water partition coefficient (Wildman–Crippen LogP) is 3.06. The van der Waals surface area contributed by atoms with Crippen LogP contribution >= 0.6 is 12.4 Å². The Kier molecular flexibility index (Phi) is 7.83. The van der Waals surface area contributed by atoms with Gasteiger partial charge in [-0.2, -0.15) is 0 Å². The maximum atomic E-state index is 13.1. The molecule has 1 fully saturated rings. The molecule has 3 unspecified atom stereocenters. The van der Waals surface area contributed by atoms with E-state index in [0.717, 1.165) is 37.7 Å². The van der Waals surface area contributed by atoms with Crippen molar-refractivity contribution in [3.63, 3.8) is 0 Å². The Balaban J connectivity index is 0.00000242. The summed E-state index contributed by atoms with van der Waals surface area (Å²) < 4.78 is 13.1. The van der Waals surface area contributed by atoms with Crippen molar-refractivity contribution in [3.8, 4) is 0 Å². The van der Waals surface area contributed by atoms with Crippen LogP contribution in [0.25, 0.3) is 0 Å². The zero-order chi connectivity index (χ0) is 15.2. The Morgan fingerprint density at radius 2 is 2.23 bits per heavy atom. The van der Waals surface area contributed by atoms with Gasteiger partial charge in [0.05, 0.1) is 0 Å². The summed E-state index contributed by atoms with van der Waals surface area (Å²) in [5.74, 6) is 0.231. The SMILES string of the molecule is CC(CCc1cccc(F)c1)C(=O)NC1CCCC1CN.Cl. The Morgan fingerprint density at radius 3 is 2.91 bits per heavy atom. The van der Waals surface area contributed by atoms with Gasteiger partial charge < -0.3 is 11.1 Å². The van der Waals surface area contributed by atoms with E-state index in [1.165, 1.54) is 12.1 Å². The van der Waals surface area contributed by atoms with Gasteiger partial charge in [-0.15, -0.1) is 12.4 Å². The molecule has 0 spiro atoms. The van der Waals surface area contributed by atoms with Crippen LogP contribution in [0.2, 0.25) is 0 Å². The fourth-order valence-electron chi connectivity index (χ4n) is 3.04. The van der Waals surface area contributed by atoms with E-state index >= 15 is 0 Å². The second-order valence-electron chi connectivity index (χ2n) is 6.11. The number of nitrogens with one attached hydrogen (secondary N) is 1. The van der Waals surface area contributed by atoms with Crippen molar-refractivity contribution in [1.82, 2.24) is 5.32 Å². The van der Waals surface area contributed by atoms with Crippen molar-refractivity contribution in [2.24, 2.45) is 17.6 Å². The monoisotopic (exact) mass is 328 g/mol. The van der Waals surface area contributed by atoms with Gasteiger partial charge in [-0.25, -0.2) is 4.39 Å². The Labute approximate surface area is 138 Å². The lowest BCUT2D eigenvalue weighted by Crippen LogP contribution is -2.42. The maximum Gasteiger partial charge on any atom is 0.223 e. The number of nitrogens with two attached hydrogens (primary N) is 1. The zero-order valence-corrected chi connectivity index (χ0v) is 13.9. The summed E-state index contributed by atoms with van der Waals surface area (Å²) in [6.45, 7) is 2.57. The van der Waals surface area contributed by atoms with Gasteiger partial charge in [-0.1, -0.05) is 25.5 Å². The maximum absolute atomic E-state index is 13.1. The number of amides is 1. The average molecular weight is 329 g/mol. The van der Waals surface area contributed by atoms with E-state index in [-0.39, 0.29) is 36.1 Å². The first-order chi connectivity index (χ1) is 10.1. The van der Waals surface area contributed by atoms with E-state index < -0.39 is 0 Å². The molecule has 0 aliphatic heterocycles. The third-order valence-corrected chi connectivity index (χ3v) is 4.49. The standard InChI is InChI=1S/C17H25FN2O.ClH/c1-12(8-9-13-4-2-6-15(18)10-13)17(21)20-16-7-3-5-14(16)11-19;/h2,4,6,10,12,14,16H,3,5,7-9,11,19H2,1H3,(H,20,21);1H. The molecule has 3 atom stereocenters. The summed E-state index contributed by atoms with van der Waals surface area (Å²) in [5.41, 5.74) is 6.68. The number of halogens is 2. The topological polar surface area (TPSA) is 55.1 Å². The van der Waals surface area contributed by atoms with Crippen molar-refractivity contribution in [2.75, 3.05) is 6.54 Å². The molecular weight excluding hydrogens is 303 g/mol. The molecule has 1 aromatic carbocycles. The summed E-state index contributed by atoms with van der Waals surface area (Å²) in [6, 6.07) is 6.81. The molecule has 1 amide bonds. The van der Waals surface area contributed by atoms with E-state index in [9.17, 15) is 9.18 Å². The predicted molar refractivity (Wildman–Crippen MR) is 89.5 cm³/mol.